The number of hydrogen-bond acceptors (Lipinski definition) is 3. The molecule has 2 fully saturated rings. The van der Waals surface area contributed by atoms with E-state index in [9.17, 15) is 10.1 Å². The van der Waals surface area contributed by atoms with Crippen LogP contribution in [0, 0.1) is 42.9 Å². The van der Waals surface area contributed by atoms with Crippen LogP contribution in [0.5, 0.6) is 0 Å². The number of halogens is 1. The van der Waals surface area contributed by atoms with Crippen molar-refractivity contribution in [2.45, 2.75) is 39.5 Å². The number of carbonyl (C=O) groups excluding carboxylic acids is 1. The van der Waals surface area contributed by atoms with Gasteiger partial charge in [-0.15, -0.1) is 11.3 Å². The Balaban J connectivity index is 1.66. The second kappa shape index (κ2) is 6.72. The number of rotatable bonds is 3. The van der Waals surface area contributed by atoms with Gasteiger partial charge < -0.3 is 5.32 Å². The fourth-order valence-corrected chi connectivity index (χ4v) is 6.06. The largest absolute Gasteiger partial charge is 0.316 e. The summed E-state index contributed by atoms with van der Waals surface area (Å²) in [5.41, 5.74) is 3.65. The quantitative estimate of drug-likeness (QED) is 0.712. The molecule has 2 aromatic rings. The molecule has 3 atom stereocenters. The third kappa shape index (κ3) is 2.94. The first-order valence-corrected chi connectivity index (χ1v) is 10.3. The summed E-state index contributed by atoms with van der Waals surface area (Å²) in [6, 6.07) is 8.38. The number of hydrogen-bond donors (Lipinski definition) is 1. The molecule has 1 heterocycles. The van der Waals surface area contributed by atoms with E-state index < -0.39 is 0 Å². The van der Waals surface area contributed by atoms with Crippen molar-refractivity contribution in [3.8, 4) is 16.5 Å². The highest BCUT2D eigenvalue weighted by Crippen LogP contribution is 2.49. The molecular formula is C21H21ClN2OS. The fourth-order valence-electron chi connectivity index (χ4n) is 4.52. The normalized spacial score (nSPS) is 23.8. The van der Waals surface area contributed by atoms with E-state index in [0.717, 1.165) is 34.4 Å². The minimum absolute atomic E-state index is 0.0548. The maximum Gasteiger partial charge on any atom is 0.228 e. The van der Waals surface area contributed by atoms with Gasteiger partial charge in [-0.25, -0.2) is 0 Å². The SMILES string of the molecule is Cc1ccc(C)c(-c2sc(NC(=O)[C@@H]3C[C@@H]4CC[C@@H]3C4)c(C#N)c2Cl)c1. The van der Waals surface area contributed by atoms with Crippen LogP contribution in [0.1, 0.15) is 42.4 Å². The number of benzene rings is 1. The topological polar surface area (TPSA) is 52.9 Å². The van der Waals surface area contributed by atoms with Crippen LogP contribution >= 0.6 is 22.9 Å². The highest BCUT2D eigenvalue weighted by atomic mass is 35.5. The van der Waals surface area contributed by atoms with Gasteiger partial charge in [0.25, 0.3) is 0 Å². The molecule has 4 rings (SSSR count). The number of nitriles is 1. The van der Waals surface area contributed by atoms with Crippen molar-refractivity contribution < 1.29 is 4.79 Å². The Morgan fingerprint density at radius 3 is 2.77 bits per heavy atom. The van der Waals surface area contributed by atoms with Gasteiger partial charge in [-0.3, -0.25) is 4.79 Å². The Morgan fingerprint density at radius 1 is 1.31 bits per heavy atom. The van der Waals surface area contributed by atoms with Gasteiger partial charge in [-0.05, 0) is 56.1 Å². The van der Waals surface area contributed by atoms with Crippen molar-refractivity contribution in [1.82, 2.24) is 0 Å². The molecule has 0 aliphatic heterocycles. The van der Waals surface area contributed by atoms with E-state index in [1.807, 2.05) is 13.8 Å². The van der Waals surface area contributed by atoms with Crippen LogP contribution < -0.4 is 5.32 Å². The Morgan fingerprint density at radius 2 is 2.12 bits per heavy atom. The predicted molar refractivity (Wildman–Crippen MR) is 107 cm³/mol. The zero-order chi connectivity index (χ0) is 18.4. The second-order valence-electron chi connectivity index (χ2n) is 7.65. The summed E-state index contributed by atoms with van der Waals surface area (Å²) in [4.78, 5) is 13.6. The molecule has 1 amide bonds. The van der Waals surface area contributed by atoms with Crippen LogP contribution in [-0.4, -0.2) is 5.91 Å². The lowest BCUT2D eigenvalue weighted by Gasteiger charge is -2.20. The van der Waals surface area contributed by atoms with Crippen molar-refractivity contribution in [3.05, 3.63) is 39.9 Å². The van der Waals surface area contributed by atoms with Crippen molar-refractivity contribution in [3.63, 3.8) is 0 Å². The molecule has 1 aromatic heterocycles. The molecule has 0 spiro atoms. The van der Waals surface area contributed by atoms with E-state index in [1.54, 1.807) is 0 Å². The summed E-state index contributed by atoms with van der Waals surface area (Å²) in [7, 11) is 0. The van der Waals surface area contributed by atoms with Crippen molar-refractivity contribution in [2.24, 2.45) is 17.8 Å². The number of fused-ring (bicyclic) bond motifs is 2. The number of aryl methyl sites for hydroxylation is 2. The molecule has 2 saturated carbocycles. The number of anilines is 1. The molecule has 0 unspecified atom stereocenters. The van der Waals surface area contributed by atoms with Gasteiger partial charge in [0.05, 0.1) is 9.90 Å². The van der Waals surface area contributed by atoms with Crippen molar-refractivity contribution in [2.75, 3.05) is 5.32 Å². The van der Waals surface area contributed by atoms with Crippen LogP contribution in [0.15, 0.2) is 18.2 Å². The van der Waals surface area contributed by atoms with E-state index in [0.29, 0.717) is 27.4 Å². The molecule has 2 aliphatic carbocycles. The molecule has 26 heavy (non-hydrogen) atoms. The second-order valence-corrected chi connectivity index (χ2v) is 9.05. The number of thiophene rings is 1. The lowest BCUT2D eigenvalue weighted by molar-refractivity contribution is -0.121. The molecular weight excluding hydrogens is 364 g/mol. The summed E-state index contributed by atoms with van der Waals surface area (Å²) in [5, 5.41) is 13.6. The molecule has 0 radical (unpaired) electrons. The van der Waals surface area contributed by atoms with Gasteiger partial charge in [0, 0.05) is 5.92 Å². The smallest absolute Gasteiger partial charge is 0.228 e. The Bertz CT molecular complexity index is 927. The first-order chi connectivity index (χ1) is 12.5. The molecule has 1 N–H and O–H groups in total. The number of nitrogens with zero attached hydrogens (tertiary/aromatic N) is 1. The summed E-state index contributed by atoms with van der Waals surface area (Å²) in [6.45, 7) is 4.07. The van der Waals surface area contributed by atoms with E-state index in [2.05, 4.69) is 29.6 Å². The standard InChI is InChI=1S/C21H21ClN2OS/c1-11-3-4-12(2)15(7-11)19-18(22)17(10-23)21(26-19)24-20(25)16-9-13-5-6-14(16)8-13/h3-4,7,13-14,16H,5-6,8-9H2,1-2H3,(H,24,25)/t13-,14-,16-/m1/s1. The maximum atomic E-state index is 12.8. The predicted octanol–water partition coefficient (Wildman–Crippen LogP) is 5.93. The lowest BCUT2D eigenvalue weighted by atomic mass is 9.88. The van der Waals surface area contributed by atoms with E-state index in [-0.39, 0.29) is 11.8 Å². The van der Waals surface area contributed by atoms with Crippen LogP contribution in [0.25, 0.3) is 10.4 Å². The zero-order valence-electron chi connectivity index (χ0n) is 14.9. The Kier molecular flexibility index (Phi) is 4.54. The lowest BCUT2D eigenvalue weighted by Crippen LogP contribution is -2.27. The Hall–Kier alpha value is -1.83. The Labute approximate surface area is 163 Å². The van der Waals surface area contributed by atoms with E-state index in [1.165, 1.54) is 24.2 Å². The van der Waals surface area contributed by atoms with Crippen LogP contribution in [0.4, 0.5) is 5.00 Å². The molecule has 5 heteroatoms. The monoisotopic (exact) mass is 384 g/mol. The highest BCUT2D eigenvalue weighted by molar-refractivity contribution is 7.20. The van der Waals surface area contributed by atoms with E-state index in [4.69, 9.17) is 11.6 Å². The summed E-state index contributed by atoms with van der Waals surface area (Å²) >= 11 is 7.94. The van der Waals surface area contributed by atoms with E-state index >= 15 is 0 Å². The van der Waals surface area contributed by atoms with Crippen molar-refractivity contribution >= 4 is 33.8 Å². The summed E-state index contributed by atoms with van der Waals surface area (Å²) < 4.78 is 0. The minimum atomic E-state index is 0.0548. The van der Waals surface area contributed by atoms with Crippen LogP contribution in [0.2, 0.25) is 5.02 Å². The molecule has 2 bridgehead atoms. The summed E-state index contributed by atoms with van der Waals surface area (Å²) in [5.74, 6) is 1.37. The molecule has 3 nitrogen and oxygen atoms in total. The number of carbonyl (C=O) groups is 1. The molecule has 2 aliphatic rings. The van der Waals surface area contributed by atoms with Gasteiger partial charge in [0.2, 0.25) is 5.91 Å². The number of amides is 1. The van der Waals surface area contributed by atoms with Crippen LogP contribution in [-0.2, 0) is 4.79 Å². The average Bonchev–Trinajstić information content (AvgIpc) is 3.32. The van der Waals surface area contributed by atoms with Gasteiger partial charge in [0.15, 0.2) is 0 Å². The summed E-state index contributed by atoms with van der Waals surface area (Å²) in [6.07, 6.45) is 4.59. The third-order valence-corrected chi connectivity index (χ3v) is 7.54. The van der Waals surface area contributed by atoms with Crippen molar-refractivity contribution in [1.29, 1.82) is 5.26 Å². The maximum absolute atomic E-state index is 12.8. The fraction of sp³-hybridized carbons (Fsp3) is 0.429. The zero-order valence-corrected chi connectivity index (χ0v) is 16.5. The molecule has 1 aromatic carbocycles. The highest BCUT2D eigenvalue weighted by Gasteiger charge is 2.43. The average molecular weight is 385 g/mol. The minimum Gasteiger partial charge on any atom is -0.316 e. The first-order valence-electron chi connectivity index (χ1n) is 9.08. The van der Waals surface area contributed by atoms with Gasteiger partial charge in [-0.2, -0.15) is 5.26 Å². The van der Waals surface area contributed by atoms with Gasteiger partial charge in [0.1, 0.15) is 16.6 Å². The number of nitrogens with one attached hydrogen (secondary N) is 1. The van der Waals surface area contributed by atoms with Gasteiger partial charge >= 0.3 is 0 Å². The first kappa shape index (κ1) is 17.6. The molecule has 0 saturated heterocycles. The van der Waals surface area contributed by atoms with Crippen LogP contribution in [0.3, 0.4) is 0 Å². The third-order valence-electron chi connectivity index (χ3n) is 5.91. The molecule has 134 valence electrons. The van der Waals surface area contributed by atoms with Gasteiger partial charge in [-0.1, -0.05) is 41.8 Å².